The molecule has 2 aromatic rings. The number of hydrogen-bond acceptors (Lipinski definition) is 4. The molecule has 0 amide bonds. The summed E-state index contributed by atoms with van der Waals surface area (Å²) in [5.74, 6) is 0. The Balaban J connectivity index is 2.51. The molecule has 1 atom stereocenters. The molecule has 148 valence electrons. The van der Waals surface area contributed by atoms with Crippen molar-refractivity contribution in [2.45, 2.75) is 40.0 Å². The van der Waals surface area contributed by atoms with Crippen LogP contribution in [0.5, 0.6) is 0 Å². The Labute approximate surface area is 168 Å². The molecular formula is C20H33NO3Si3. The van der Waals surface area contributed by atoms with Gasteiger partial charge in [0.1, 0.15) is 0 Å². The molecule has 0 bridgehead atoms. The van der Waals surface area contributed by atoms with Gasteiger partial charge >= 0.3 is 17.8 Å². The monoisotopic (exact) mass is 419 g/mol. The van der Waals surface area contributed by atoms with Crippen molar-refractivity contribution in [1.29, 1.82) is 0 Å². The number of hydroxylamine groups is 2. The second-order valence-electron chi connectivity index (χ2n) is 7.47. The van der Waals surface area contributed by atoms with E-state index in [4.69, 9.17) is 12.8 Å². The molecule has 2 rings (SSSR count). The summed E-state index contributed by atoms with van der Waals surface area (Å²) in [7, 11) is -6.72. The van der Waals surface area contributed by atoms with Crippen molar-refractivity contribution in [2.75, 3.05) is 13.1 Å². The van der Waals surface area contributed by atoms with Gasteiger partial charge in [0.25, 0.3) is 0 Å². The van der Waals surface area contributed by atoms with Crippen LogP contribution in [0.1, 0.15) is 13.8 Å². The molecule has 7 heteroatoms. The normalized spacial score (nSPS) is 13.7. The molecule has 0 aliphatic rings. The standard InChI is InChI=1S/C20H33NO3Si3/c1-7-21(8-2)22-25(3)23-27(24-26(4,5)6,19-15-11-9-12-16-19)20-17-13-10-14-18-20/h9-18,25H,7-8H2,1-6H3. The summed E-state index contributed by atoms with van der Waals surface area (Å²) in [5, 5.41) is 4.25. The van der Waals surface area contributed by atoms with Gasteiger partial charge in [0.15, 0.2) is 8.32 Å². The van der Waals surface area contributed by atoms with Crippen LogP contribution in [0.15, 0.2) is 60.7 Å². The second kappa shape index (κ2) is 9.92. The van der Waals surface area contributed by atoms with Crippen LogP contribution < -0.4 is 10.4 Å². The summed E-state index contributed by atoms with van der Waals surface area (Å²) in [4.78, 5) is 0. The molecule has 4 nitrogen and oxygen atoms in total. The lowest BCUT2D eigenvalue weighted by atomic mass is 10.4. The van der Waals surface area contributed by atoms with Crippen molar-refractivity contribution in [3.05, 3.63) is 60.7 Å². The Hall–Kier alpha value is -1.07. The van der Waals surface area contributed by atoms with E-state index in [0.29, 0.717) is 0 Å². The van der Waals surface area contributed by atoms with E-state index in [1.807, 2.05) is 17.2 Å². The van der Waals surface area contributed by atoms with Gasteiger partial charge < -0.3 is 12.8 Å². The minimum absolute atomic E-state index is 0.845. The van der Waals surface area contributed by atoms with E-state index < -0.39 is 26.2 Å². The Morgan fingerprint density at radius 1 is 0.815 bits per heavy atom. The van der Waals surface area contributed by atoms with E-state index >= 15 is 0 Å². The van der Waals surface area contributed by atoms with Gasteiger partial charge in [0.2, 0.25) is 0 Å². The van der Waals surface area contributed by atoms with Crippen LogP contribution in [-0.2, 0) is 12.8 Å². The summed E-state index contributed by atoms with van der Waals surface area (Å²) in [5.41, 5.74) is 0. The topological polar surface area (TPSA) is 30.9 Å². The number of benzene rings is 2. The summed E-state index contributed by atoms with van der Waals surface area (Å²) in [6, 6.07) is 20.9. The molecule has 0 saturated heterocycles. The molecule has 0 radical (unpaired) electrons. The van der Waals surface area contributed by atoms with Gasteiger partial charge in [-0.1, -0.05) is 74.5 Å². The quantitative estimate of drug-likeness (QED) is 0.437. The number of nitrogens with zero attached hydrogens (tertiary/aromatic N) is 1. The summed E-state index contributed by atoms with van der Waals surface area (Å²) >= 11 is 0. The fourth-order valence-corrected chi connectivity index (χ4v) is 13.5. The average molecular weight is 420 g/mol. The van der Waals surface area contributed by atoms with E-state index in [0.717, 1.165) is 23.5 Å². The molecule has 0 spiro atoms. The third kappa shape index (κ3) is 6.21. The molecule has 1 unspecified atom stereocenters. The zero-order chi connectivity index (χ0) is 19.9. The van der Waals surface area contributed by atoms with E-state index in [2.05, 4.69) is 88.6 Å². The van der Waals surface area contributed by atoms with Crippen molar-refractivity contribution < 1.29 is 12.8 Å². The first kappa shape index (κ1) is 22.2. The van der Waals surface area contributed by atoms with Crippen molar-refractivity contribution in [2.24, 2.45) is 0 Å². The zero-order valence-corrected chi connectivity index (χ0v) is 20.6. The third-order valence-electron chi connectivity index (χ3n) is 4.09. The van der Waals surface area contributed by atoms with E-state index in [-0.39, 0.29) is 0 Å². The van der Waals surface area contributed by atoms with Crippen LogP contribution in [0.25, 0.3) is 0 Å². The zero-order valence-electron chi connectivity index (χ0n) is 17.4. The summed E-state index contributed by atoms with van der Waals surface area (Å²) in [6.45, 7) is 14.7. The molecule has 0 heterocycles. The van der Waals surface area contributed by atoms with Gasteiger partial charge in [-0.2, -0.15) is 5.06 Å². The second-order valence-corrected chi connectivity index (χ2v) is 17.2. The third-order valence-corrected chi connectivity index (χ3v) is 13.1. The number of rotatable bonds is 10. The fourth-order valence-electron chi connectivity index (χ4n) is 3.03. The average Bonchev–Trinajstić information content (AvgIpc) is 2.66. The van der Waals surface area contributed by atoms with E-state index in [9.17, 15) is 0 Å². The minimum atomic E-state index is -2.87. The molecule has 0 fully saturated rings. The predicted octanol–water partition coefficient (Wildman–Crippen LogP) is 3.23. The largest absolute Gasteiger partial charge is 0.430 e. The highest BCUT2D eigenvalue weighted by atomic mass is 28.5. The Morgan fingerprint density at radius 3 is 1.63 bits per heavy atom. The summed E-state index contributed by atoms with van der Waals surface area (Å²) in [6.07, 6.45) is 0. The highest BCUT2D eigenvalue weighted by molar-refractivity contribution is 7.00. The fraction of sp³-hybridized carbons (Fsp3) is 0.400. The first-order valence-corrected chi connectivity index (χ1v) is 17.0. The molecule has 0 aromatic heterocycles. The van der Waals surface area contributed by atoms with Crippen molar-refractivity contribution in [3.8, 4) is 0 Å². The van der Waals surface area contributed by atoms with Gasteiger partial charge in [-0.15, -0.1) is 0 Å². The SMILES string of the molecule is CCN(CC)O[SiH](C)O[Si](O[Si](C)(C)C)(c1ccccc1)c1ccccc1. The maximum absolute atomic E-state index is 6.91. The maximum Gasteiger partial charge on any atom is 0.387 e. The molecule has 2 aromatic carbocycles. The van der Waals surface area contributed by atoms with E-state index in [1.165, 1.54) is 0 Å². The van der Waals surface area contributed by atoms with Gasteiger partial charge in [0.05, 0.1) is 0 Å². The Bertz CT molecular complexity index is 636. The van der Waals surface area contributed by atoms with Crippen LogP contribution in [0.4, 0.5) is 0 Å². The van der Waals surface area contributed by atoms with Gasteiger partial charge in [-0.3, -0.25) is 0 Å². The molecule has 0 N–H and O–H groups in total. The van der Waals surface area contributed by atoms with Crippen LogP contribution in [0.3, 0.4) is 0 Å². The van der Waals surface area contributed by atoms with Gasteiger partial charge in [0, 0.05) is 13.1 Å². The van der Waals surface area contributed by atoms with Crippen LogP contribution >= 0.6 is 0 Å². The molecular weight excluding hydrogens is 386 g/mol. The lowest BCUT2D eigenvalue weighted by Crippen LogP contribution is -2.68. The summed E-state index contributed by atoms with van der Waals surface area (Å²) < 4.78 is 19.9. The van der Waals surface area contributed by atoms with Gasteiger partial charge in [-0.25, -0.2) is 0 Å². The molecule has 0 aliphatic heterocycles. The molecule has 0 saturated carbocycles. The lowest BCUT2D eigenvalue weighted by molar-refractivity contribution is -0.0661. The van der Waals surface area contributed by atoms with Crippen molar-refractivity contribution >= 4 is 36.5 Å². The molecule has 27 heavy (non-hydrogen) atoms. The van der Waals surface area contributed by atoms with Crippen molar-refractivity contribution in [1.82, 2.24) is 5.06 Å². The van der Waals surface area contributed by atoms with E-state index in [1.54, 1.807) is 0 Å². The highest BCUT2D eigenvalue weighted by Gasteiger charge is 2.47. The van der Waals surface area contributed by atoms with Crippen molar-refractivity contribution in [3.63, 3.8) is 0 Å². The minimum Gasteiger partial charge on any atom is -0.430 e. The van der Waals surface area contributed by atoms with Crippen LogP contribution in [-0.4, -0.2) is 44.3 Å². The first-order valence-electron chi connectivity index (χ1n) is 9.71. The van der Waals surface area contributed by atoms with Gasteiger partial charge in [-0.05, 0) is 36.6 Å². The van der Waals surface area contributed by atoms with Crippen LogP contribution in [0.2, 0.25) is 26.2 Å². The first-order chi connectivity index (χ1) is 12.8. The number of hydrogen-bond donors (Lipinski definition) is 0. The lowest BCUT2D eigenvalue weighted by Gasteiger charge is -2.39. The Morgan fingerprint density at radius 2 is 1.26 bits per heavy atom. The maximum atomic E-state index is 6.91. The Kier molecular flexibility index (Phi) is 8.17. The van der Waals surface area contributed by atoms with Crippen LogP contribution in [0, 0.1) is 0 Å². The predicted molar refractivity (Wildman–Crippen MR) is 120 cm³/mol. The molecule has 0 aliphatic carbocycles. The smallest absolute Gasteiger partial charge is 0.387 e. The highest BCUT2D eigenvalue weighted by Crippen LogP contribution is 2.18.